The summed E-state index contributed by atoms with van der Waals surface area (Å²) in [6, 6.07) is 0. The molecule has 25 heavy (non-hydrogen) atoms. The summed E-state index contributed by atoms with van der Waals surface area (Å²) in [6.07, 6.45) is 19.7. The van der Waals surface area contributed by atoms with Gasteiger partial charge in [0.15, 0.2) is 0 Å². The third kappa shape index (κ3) is 3.16. The Balaban J connectivity index is 1.82. The van der Waals surface area contributed by atoms with Crippen molar-refractivity contribution in [1.82, 2.24) is 0 Å². The summed E-state index contributed by atoms with van der Waals surface area (Å²) in [5.41, 5.74) is 0.159. The van der Waals surface area contributed by atoms with Gasteiger partial charge in [-0.25, -0.2) is 0 Å². The summed E-state index contributed by atoms with van der Waals surface area (Å²) in [5.74, 6) is 0.434. The molecule has 0 aromatic rings. The van der Waals surface area contributed by atoms with E-state index >= 15 is 0 Å². The van der Waals surface area contributed by atoms with Gasteiger partial charge in [0.05, 0.1) is 5.41 Å². The van der Waals surface area contributed by atoms with Crippen molar-refractivity contribution < 1.29 is 9.90 Å². The molecule has 3 aliphatic rings. The first kappa shape index (κ1) is 19.2. The largest absolute Gasteiger partial charge is 0.481 e. The van der Waals surface area contributed by atoms with Gasteiger partial charge < -0.3 is 5.11 Å². The maximum absolute atomic E-state index is 12.5. The van der Waals surface area contributed by atoms with Gasteiger partial charge in [-0.1, -0.05) is 58.8 Å². The predicted molar refractivity (Wildman–Crippen MR) is 104 cm³/mol. The molecule has 0 amide bonds. The lowest BCUT2D eigenvalue weighted by molar-refractivity contribution is -0.170. The standard InChI is InChI=1S/C23H40O2/c1-3-21(19-11-7-5-8-12-19)15-17-22(4-2,18-16-21)23(20(24)25)13-9-6-10-14-23/h19H,3-18H2,1-2H3,(H,24,25). The zero-order chi connectivity index (χ0) is 18.0. The molecule has 0 bridgehead atoms. The molecule has 0 aromatic carbocycles. The van der Waals surface area contributed by atoms with E-state index in [1.165, 1.54) is 70.6 Å². The topological polar surface area (TPSA) is 37.3 Å². The van der Waals surface area contributed by atoms with Crippen molar-refractivity contribution in [3.05, 3.63) is 0 Å². The van der Waals surface area contributed by atoms with Crippen LogP contribution in [-0.2, 0) is 4.79 Å². The van der Waals surface area contributed by atoms with Gasteiger partial charge in [0.25, 0.3) is 0 Å². The predicted octanol–water partition coefficient (Wildman–Crippen LogP) is 6.97. The highest BCUT2D eigenvalue weighted by Crippen LogP contribution is 2.63. The van der Waals surface area contributed by atoms with Gasteiger partial charge in [-0.3, -0.25) is 4.79 Å². The quantitative estimate of drug-likeness (QED) is 0.582. The smallest absolute Gasteiger partial charge is 0.310 e. The molecule has 0 aromatic heterocycles. The van der Waals surface area contributed by atoms with Crippen LogP contribution in [0.1, 0.15) is 117 Å². The summed E-state index contributed by atoms with van der Waals surface area (Å²) in [6.45, 7) is 4.68. The van der Waals surface area contributed by atoms with Crippen LogP contribution >= 0.6 is 0 Å². The molecule has 0 atom stereocenters. The Hall–Kier alpha value is -0.530. The van der Waals surface area contributed by atoms with Gasteiger partial charge in [-0.2, -0.15) is 0 Å². The number of carboxylic acids is 1. The van der Waals surface area contributed by atoms with E-state index in [-0.39, 0.29) is 5.41 Å². The molecule has 0 radical (unpaired) electrons. The van der Waals surface area contributed by atoms with Gasteiger partial charge >= 0.3 is 5.97 Å². The van der Waals surface area contributed by atoms with Crippen LogP contribution in [0.5, 0.6) is 0 Å². The molecule has 0 spiro atoms. The normalized spacial score (nSPS) is 36.9. The lowest BCUT2D eigenvalue weighted by Gasteiger charge is -2.57. The summed E-state index contributed by atoms with van der Waals surface area (Å²) in [5, 5.41) is 10.3. The van der Waals surface area contributed by atoms with Gasteiger partial charge in [0.1, 0.15) is 0 Å². The number of rotatable bonds is 5. The maximum atomic E-state index is 12.5. The first-order chi connectivity index (χ1) is 12.0. The molecule has 2 nitrogen and oxygen atoms in total. The summed E-state index contributed by atoms with van der Waals surface area (Å²) >= 11 is 0. The van der Waals surface area contributed by atoms with E-state index in [1.807, 2.05) is 0 Å². The molecule has 3 aliphatic carbocycles. The van der Waals surface area contributed by atoms with E-state index < -0.39 is 11.4 Å². The lowest BCUT2D eigenvalue weighted by Crippen LogP contribution is -2.52. The second-order valence-corrected chi connectivity index (χ2v) is 9.63. The molecule has 0 unspecified atom stereocenters. The maximum Gasteiger partial charge on any atom is 0.310 e. The van der Waals surface area contributed by atoms with Gasteiger partial charge in [-0.05, 0) is 74.5 Å². The zero-order valence-electron chi connectivity index (χ0n) is 16.7. The molecule has 0 heterocycles. The monoisotopic (exact) mass is 348 g/mol. The second kappa shape index (κ2) is 7.61. The highest BCUT2D eigenvalue weighted by Gasteiger charge is 2.58. The van der Waals surface area contributed by atoms with Crippen LogP contribution in [0.4, 0.5) is 0 Å². The van der Waals surface area contributed by atoms with Crippen LogP contribution in [0.25, 0.3) is 0 Å². The highest BCUT2D eigenvalue weighted by atomic mass is 16.4. The summed E-state index contributed by atoms with van der Waals surface area (Å²) in [7, 11) is 0. The van der Waals surface area contributed by atoms with E-state index in [0.29, 0.717) is 5.41 Å². The molecule has 3 rings (SSSR count). The Bertz CT molecular complexity index is 447. The van der Waals surface area contributed by atoms with Crippen LogP contribution in [0.15, 0.2) is 0 Å². The van der Waals surface area contributed by atoms with Crippen LogP contribution in [0.3, 0.4) is 0 Å². The Morgan fingerprint density at radius 1 is 0.800 bits per heavy atom. The molecule has 2 heteroatoms. The van der Waals surface area contributed by atoms with Crippen molar-refractivity contribution in [2.45, 2.75) is 117 Å². The fourth-order valence-electron chi connectivity index (χ4n) is 7.29. The minimum atomic E-state index is -0.476. The number of carboxylic acid groups (broad SMARTS) is 1. The summed E-state index contributed by atoms with van der Waals surface area (Å²) < 4.78 is 0. The first-order valence-electron chi connectivity index (χ1n) is 11.3. The Kier molecular flexibility index (Phi) is 5.85. The molecule has 144 valence electrons. The third-order valence-corrected chi connectivity index (χ3v) is 9.19. The number of carbonyl (C=O) groups is 1. The SMILES string of the molecule is CCC1(C2CCCCC2)CCC(CC)(C2(C(=O)O)CCCCC2)CC1. The average Bonchev–Trinajstić information content (AvgIpc) is 2.69. The second-order valence-electron chi connectivity index (χ2n) is 9.63. The summed E-state index contributed by atoms with van der Waals surface area (Å²) in [4.78, 5) is 12.5. The average molecular weight is 349 g/mol. The van der Waals surface area contributed by atoms with Crippen LogP contribution in [0, 0.1) is 22.2 Å². The van der Waals surface area contributed by atoms with Gasteiger partial charge in [0.2, 0.25) is 0 Å². The number of hydrogen-bond donors (Lipinski definition) is 1. The minimum absolute atomic E-state index is 0.0621. The molecule has 0 saturated heterocycles. The van der Waals surface area contributed by atoms with Crippen LogP contribution in [-0.4, -0.2) is 11.1 Å². The molecular formula is C23H40O2. The van der Waals surface area contributed by atoms with Crippen molar-refractivity contribution in [3.8, 4) is 0 Å². The van der Waals surface area contributed by atoms with Crippen molar-refractivity contribution in [1.29, 1.82) is 0 Å². The van der Waals surface area contributed by atoms with E-state index in [4.69, 9.17) is 0 Å². The van der Waals surface area contributed by atoms with Gasteiger partial charge in [0, 0.05) is 0 Å². The van der Waals surface area contributed by atoms with E-state index in [2.05, 4.69) is 13.8 Å². The number of hydrogen-bond acceptors (Lipinski definition) is 1. The minimum Gasteiger partial charge on any atom is -0.481 e. The Labute approximate surface area is 155 Å². The van der Waals surface area contributed by atoms with Crippen molar-refractivity contribution >= 4 is 5.97 Å². The Morgan fingerprint density at radius 3 is 1.84 bits per heavy atom. The van der Waals surface area contributed by atoms with Crippen LogP contribution in [0.2, 0.25) is 0 Å². The fraction of sp³-hybridized carbons (Fsp3) is 0.957. The van der Waals surface area contributed by atoms with E-state index in [9.17, 15) is 9.90 Å². The van der Waals surface area contributed by atoms with E-state index in [0.717, 1.165) is 38.0 Å². The molecule has 1 N–H and O–H groups in total. The number of aliphatic carboxylic acids is 1. The molecule has 3 fully saturated rings. The molecule has 3 saturated carbocycles. The molecular weight excluding hydrogens is 308 g/mol. The zero-order valence-corrected chi connectivity index (χ0v) is 16.7. The van der Waals surface area contributed by atoms with Crippen molar-refractivity contribution in [2.75, 3.05) is 0 Å². The Morgan fingerprint density at radius 2 is 1.36 bits per heavy atom. The lowest BCUT2D eigenvalue weighted by atomic mass is 9.46. The van der Waals surface area contributed by atoms with Crippen molar-refractivity contribution in [2.24, 2.45) is 22.2 Å². The van der Waals surface area contributed by atoms with Crippen LogP contribution < -0.4 is 0 Å². The van der Waals surface area contributed by atoms with Gasteiger partial charge in [-0.15, -0.1) is 0 Å². The van der Waals surface area contributed by atoms with E-state index in [1.54, 1.807) is 0 Å². The molecule has 0 aliphatic heterocycles. The third-order valence-electron chi connectivity index (χ3n) is 9.19. The highest BCUT2D eigenvalue weighted by molar-refractivity contribution is 5.76. The van der Waals surface area contributed by atoms with Crippen molar-refractivity contribution in [3.63, 3.8) is 0 Å². The first-order valence-corrected chi connectivity index (χ1v) is 11.3. The fourth-order valence-corrected chi connectivity index (χ4v) is 7.29.